The molecule has 1 aromatic rings. The fourth-order valence-electron chi connectivity index (χ4n) is 2.25. The third-order valence-corrected chi connectivity index (χ3v) is 5.18. The van der Waals surface area contributed by atoms with Crippen LogP contribution >= 0.6 is 0 Å². The van der Waals surface area contributed by atoms with Crippen molar-refractivity contribution in [2.45, 2.75) is 19.8 Å². The smallest absolute Gasteiger partial charge is 0.303 e. The van der Waals surface area contributed by atoms with Crippen LogP contribution in [0.4, 0.5) is 5.69 Å². The first-order valence-corrected chi connectivity index (χ1v) is 7.80. The molecule has 0 aliphatic carbocycles. The predicted octanol–water partition coefficient (Wildman–Crippen LogP) is 1.49. The standard InChI is InChI=1S/C13H17NO4S/c1-10-8-14(19(17,18)9-10)12-5-2-11(3-6-12)4-7-13(15)16/h2-3,5-6,10H,4,7-9H2,1H3,(H,15,16). The number of carbonyl (C=O) groups is 1. The monoisotopic (exact) mass is 283 g/mol. The van der Waals surface area contributed by atoms with Gasteiger partial charge >= 0.3 is 5.97 Å². The van der Waals surface area contributed by atoms with Crippen molar-refractivity contribution in [2.75, 3.05) is 16.6 Å². The number of carboxylic acid groups (broad SMARTS) is 1. The summed E-state index contributed by atoms with van der Waals surface area (Å²) < 4.78 is 25.3. The van der Waals surface area contributed by atoms with E-state index in [4.69, 9.17) is 5.11 Å². The highest BCUT2D eigenvalue weighted by Gasteiger charge is 2.33. The van der Waals surface area contributed by atoms with Gasteiger partial charge in [-0.15, -0.1) is 0 Å². The van der Waals surface area contributed by atoms with Gasteiger partial charge < -0.3 is 5.11 Å². The molecule has 1 aliphatic heterocycles. The number of aryl methyl sites for hydroxylation is 1. The van der Waals surface area contributed by atoms with E-state index in [1.807, 2.05) is 6.92 Å². The van der Waals surface area contributed by atoms with Crippen LogP contribution in [0.25, 0.3) is 0 Å². The minimum Gasteiger partial charge on any atom is -0.481 e. The Morgan fingerprint density at radius 1 is 1.37 bits per heavy atom. The van der Waals surface area contributed by atoms with E-state index in [1.54, 1.807) is 24.3 Å². The van der Waals surface area contributed by atoms with Gasteiger partial charge in [0.25, 0.3) is 0 Å². The summed E-state index contributed by atoms with van der Waals surface area (Å²) in [5, 5.41) is 8.61. The first kappa shape index (κ1) is 13.9. The average molecular weight is 283 g/mol. The number of hydrogen-bond donors (Lipinski definition) is 1. The van der Waals surface area contributed by atoms with Gasteiger partial charge in [-0.05, 0) is 30.0 Å². The molecule has 0 aromatic heterocycles. The van der Waals surface area contributed by atoms with Crippen molar-refractivity contribution in [3.63, 3.8) is 0 Å². The van der Waals surface area contributed by atoms with E-state index in [-0.39, 0.29) is 18.1 Å². The number of benzene rings is 1. The van der Waals surface area contributed by atoms with Gasteiger partial charge in [0.05, 0.1) is 11.4 Å². The SMILES string of the molecule is CC1CN(c2ccc(CCC(=O)O)cc2)S(=O)(=O)C1. The van der Waals surface area contributed by atoms with Gasteiger partial charge in [0.15, 0.2) is 0 Å². The van der Waals surface area contributed by atoms with E-state index < -0.39 is 16.0 Å². The molecule has 0 radical (unpaired) electrons. The molecule has 1 saturated heterocycles. The lowest BCUT2D eigenvalue weighted by Gasteiger charge is -2.17. The molecular weight excluding hydrogens is 266 g/mol. The summed E-state index contributed by atoms with van der Waals surface area (Å²) >= 11 is 0. The first-order valence-electron chi connectivity index (χ1n) is 6.19. The fraction of sp³-hybridized carbons (Fsp3) is 0.462. The van der Waals surface area contributed by atoms with E-state index in [1.165, 1.54) is 4.31 Å². The largest absolute Gasteiger partial charge is 0.481 e. The topological polar surface area (TPSA) is 74.7 Å². The van der Waals surface area contributed by atoms with Crippen molar-refractivity contribution in [1.82, 2.24) is 0 Å². The number of hydrogen-bond acceptors (Lipinski definition) is 3. The van der Waals surface area contributed by atoms with Gasteiger partial charge in [-0.25, -0.2) is 8.42 Å². The van der Waals surface area contributed by atoms with Crippen LogP contribution in [0.5, 0.6) is 0 Å². The summed E-state index contributed by atoms with van der Waals surface area (Å²) in [6.07, 6.45) is 0.539. The van der Waals surface area contributed by atoms with E-state index >= 15 is 0 Å². The van der Waals surface area contributed by atoms with Crippen LogP contribution in [0.3, 0.4) is 0 Å². The van der Waals surface area contributed by atoms with E-state index in [2.05, 4.69) is 0 Å². The van der Waals surface area contributed by atoms with E-state index in [0.29, 0.717) is 18.7 Å². The molecule has 1 aromatic carbocycles. The second-order valence-electron chi connectivity index (χ2n) is 4.98. The number of rotatable bonds is 4. The van der Waals surface area contributed by atoms with Crippen LogP contribution in [0, 0.1) is 5.92 Å². The van der Waals surface area contributed by atoms with Crippen LogP contribution in [-0.2, 0) is 21.2 Å². The molecule has 1 N–H and O–H groups in total. The maximum atomic E-state index is 11.9. The third kappa shape index (κ3) is 3.26. The van der Waals surface area contributed by atoms with Crippen molar-refractivity contribution in [3.8, 4) is 0 Å². The molecular formula is C13H17NO4S. The number of nitrogens with zero attached hydrogens (tertiary/aromatic N) is 1. The molecule has 1 unspecified atom stereocenters. The van der Waals surface area contributed by atoms with Crippen LogP contribution in [0.2, 0.25) is 0 Å². The van der Waals surface area contributed by atoms with Crippen LogP contribution in [-0.4, -0.2) is 31.8 Å². The highest BCUT2D eigenvalue weighted by Crippen LogP contribution is 2.27. The second-order valence-corrected chi connectivity index (χ2v) is 6.91. The average Bonchev–Trinajstić information content (AvgIpc) is 2.60. The van der Waals surface area contributed by atoms with Gasteiger partial charge in [0.1, 0.15) is 0 Å². The Morgan fingerprint density at radius 2 is 2.00 bits per heavy atom. The summed E-state index contributed by atoms with van der Waals surface area (Å²) in [6, 6.07) is 7.06. The molecule has 0 amide bonds. The van der Waals surface area contributed by atoms with Gasteiger partial charge in [-0.3, -0.25) is 9.10 Å². The summed E-state index contributed by atoms with van der Waals surface area (Å²) in [5.74, 6) is -0.509. The van der Waals surface area contributed by atoms with Crippen molar-refractivity contribution in [3.05, 3.63) is 29.8 Å². The second kappa shape index (κ2) is 5.21. The Bertz CT molecular complexity index is 565. The van der Waals surface area contributed by atoms with Crippen LogP contribution in [0.15, 0.2) is 24.3 Å². The molecule has 0 saturated carbocycles. The number of anilines is 1. The number of carboxylic acids is 1. The lowest BCUT2D eigenvalue weighted by Crippen LogP contribution is -2.25. The lowest BCUT2D eigenvalue weighted by atomic mass is 10.1. The normalized spacial score (nSPS) is 21.5. The third-order valence-electron chi connectivity index (χ3n) is 3.16. The Morgan fingerprint density at radius 3 is 2.47 bits per heavy atom. The van der Waals surface area contributed by atoms with Gasteiger partial charge in [0.2, 0.25) is 10.0 Å². The highest BCUT2D eigenvalue weighted by molar-refractivity contribution is 7.93. The molecule has 0 bridgehead atoms. The Balaban J connectivity index is 2.12. The highest BCUT2D eigenvalue weighted by atomic mass is 32.2. The molecule has 2 rings (SSSR count). The van der Waals surface area contributed by atoms with Crippen molar-refractivity contribution < 1.29 is 18.3 Å². The summed E-state index contributed by atoms with van der Waals surface area (Å²) in [7, 11) is -3.19. The van der Waals surface area contributed by atoms with Crippen molar-refractivity contribution in [2.24, 2.45) is 5.92 Å². The number of sulfonamides is 1. The summed E-state index contributed by atoms with van der Waals surface area (Å²) in [6.45, 7) is 2.43. The predicted molar refractivity (Wildman–Crippen MR) is 72.7 cm³/mol. The van der Waals surface area contributed by atoms with Gasteiger partial charge in [0, 0.05) is 13.0 Å². The Kier molecular flexibility index (Phi) is 3.80. The van der Waals surface area contributed by atoms with E-state index in [0.717, 1.165) is 5.56 Å². The summed E-state index contributed by atoms with van der Waals surface area (Å²) in [5.41, 5.74) is 1.55. The molecule has 0 spiro atoms. The Labute approximate surface area is 112 Å². The quantitative estimate of drug-likeness (QED) is 0.908. The minimum atomic E-state index is -3.19. The molecule has 1 heterocycles. The molecule has 19 heavy (non-hydrogen) atoms. The molecule has 1 fully saturated rings. The lowest BCUT2D eigenvalue weighted by molar-refractivity contribution is -0.136. The molecule has 6 heteroatoms. The zero-order valence-electron chi connectivity index (χ0n) is 10.7. The number of aliphatic carboxylic acids is 1. The zero-order chi connectivity index (χ0) is 14.0. The van der Waals surface area contributed by atoms with Crippen molar-refractivity contribution in [1.29, 1.82) is 0 Å². The van der Waals surface area contributed by atoms with Gasteiger partial charge in [-0.1, -0.05) is 19.1 Å². The maximum absolute atomic E-state index is 11.9. The maximum Gasteiger partial charge on any atom is 0.303 e. The minimum absolute atomic E-state index is 0.0817. The molecule has 5 nitrogen and oxygen atoms in total. The van der Waals surface area contributed by atoms with Crippen LogP contribution in [0.1, 0.15) is 18.9 Å². The van der Waals surface area contributed by atoms with Crippen molar-refractivity contribution >= 4 is 21.7 Å². The van der Waals surface area contributed by atoms with Gasteiger partial charge in [-0.2, -0.15) is 0 Å². The fourth-order valence-corrected chi connectivity index (χ4v) is 4.17. The van der Waals surface area contributed by atoms with E-state index in [9.17, 15) is 13.2 Å². The molecule has 104 valence electrons. The Hall–Kier alpha value is -1.56. The zero-order valence-corrected chi connectivity index (χ0v) is 11.6. The summed E-state index contributed by atoms with van der Waals surface area (Å²) in [4.78, 5) is 10.5. The molecule has 1 aliphatic rings. The first-order chi connectivity index (χ1) is 8.88. The van der Waals surface area contributed by atoms with Crippen LogP contribution < -0.4 is 4.31 Å². The molecule has 1 atom stereocenters.